The minimum Gasteiger partial charge on any atom is -0.375 e. The summed E-state index contributed by atoms with van der Waals surface area (Å²) in [5.74, 6) is -1.56. The van der Waals surface area contributed by atoms with Crippen molar-refractivity contribution in [3.05, 3.63) is 54.1 Å². The Morgan fingerprint density at radius 1 is 1.07 bits per heavy atom. The van der Waals surface area contributed by atoms with Crippen molar-refractivity contribution in [2.24, 2.45) is 0 Å². The molecule has 0 atom stereocenters. The van der Waals surface area contributed by atoms with Crippen LogP contribution in [0.25, 0.3) is 0 Å². The summed E-state index contributed by atoms with van der Waals surface area (Å²) in [6.45, 7) is -0.123. The fraction of sp³-hybridized carbons (Fsp3) is 0.300. The molecule has 0 saturated heterocycles. The number of thioether (sulfide) groups is 1. The highest BCUT2D eigenvalue weighted by molar-refractivity contribution is 7.99. The highest BCUT2D eigenvalue weighted by atomic mass is 32.2. The second-order valence-electron chi connectivity index (χ2n) is 6.63. The van der Waals surface area contributed by atoms with Crippen LogP contribution in [0.4, 0.5) is 24.5 Å². The molecular formula is C20H20F3N3O2S. The van der Waals surface area contributed by atoms with Crippen LogP contribution < -0.4 is 16.0 Å². The van der Waals surface area contributed by atoms with Crippen LogP contribution in [0.1, 0.15) is 23.2 Å². The molecule has 0 aliphatic heterocycles. The van der Waals surface area contributed by atoms with Crippen LogP contribution in [0.3, 0.4) is 0 Å². The second-order valence-corrected chi connectivity index (χ2v) is 7.65. The molecule has 9 heteroatoms. The minimum absolute atomic E-state index is 0.123. The molecule has 2 aromatic rings. The van der Waals surface area contributed by atoms with Crippen molar-refractivity contribution < 1.29 is 22.8 Å². The van der Waals surface area contributed by atoms with E-state index in [9.17, 15) is 22.8 Å². The molecule has 0 unspecified atom stereocenters. The molecule has 2 aromatic carbocycles. The van der Waals surface area contributed by atoms with Gasteiger partial charge in [-0.15, -0.1) is 11.8 Å². The second kappa shape index (κ2) is 9.21. The number of nitrogens with one attached hydrogen (secondary N) is 3. The Balaban J connectivity index is 1.54. The third-order valence-electron chi connectivity index (χ3n) is 4.04. The molecule has 3 N–H and O–H groups in total. The summed E-state index contributed by atoms with van der Waals surface area (Å²) in [6, 6.07) is 13.3. The predicted octanol–water partition coefficient (Wildman–Crippen LogP) is 4.28. The van der Waals surface area contributed by atoms with E-state index < -0.39 is 11.9 Å². The molecule has 3 rings (SSSR count). The zero-order valence-corrected chi connectivity index (χ0v) is 16.2. The Kier molecular flexibility index (Phi) is 6.68. The maximum atomic E-state index is 12.5. The predicted molar refractivity (Wildman–Crippen MR) is 107 cm³/mol. The van der Waals surface area contributed by atoms with E-state index in [1.165, 1.54) is 0 Å². The summed E-state index contributed by atoms with van der Waals surface area (Å²) in [7, 11) is 0. The number of carbonyl (C=O) groups is 2. The van der Waals surface area contributed by atoms with E-state index >= 15 is 0 Å². The number of para-hydroxylation sites is 1. The van der Waals surface area contributed by atoms with Gasteiger partial charge in [0, 0.05) is 27.9 Å². The summed E-state index contributed by atoms with van der Waals surface area (Å²) in [6.07, 6.45) is -2.31. The minimum atomic E-state index is -4.27. The van der Waals surface area contributed by atoms with E-state index in [4.69, 9.17) is 0 Å². The van der Waals surface area contributed by atoms with Gasteiger partial charge >= 0.3 is 6.18 Å². The summed E-state index contributed by atoms with van der Waals surface area (Å²) in [5.41, 5.74) is 1.38. The fourth-order valence-corrected chi connectivity index (χ4v) is 3.30. The number of hydrogen-bond donors (Lipinski definition) is 3. The van der Waals surface area contributed by atoms with Crippen molar-refractivity contribution >= 4 is 35.0 Å². The quantitative estimate of drug-likeness (QED) is 0.554. The van der Waals surface area contributed by atoms with E-state index in [1.54, 1.807) is 48.5 Å². The smallest absolute Gasteiger partial charge is 0.375 e. The van der Waals surface area contributed by atoms with Crippen LogP contribution in [0.2, 0.25) is 0 Å². The third kappa shape index (κ3) is 7.01. The van der Waals surface area contributed by atoms with Crippen molar-refractivity contribution in [3.8, 4) is 0 Å². The summed E-state index contributed by atoms with van der Waals surface area (Å²) in [4.78, 5) is 24.7. The molecule has 1 aliphatic rings. The highest BCUT2D eigenvalue weighted by Crippen LogP contribution is 2.32. The van der Waals surface area contributed by atoms with Crippen molar-refractivity contribution in [2.45, 2.75) is 30.0 Å². The van der Waals surface area contributed by atoms with Gasteiger partial charge in [-0.05, 0) is 43.2 Å². The molecule has 1 saturated carbocycles. The number of benzene rings is 2. The molecule has 5 nitrogen and oxygen atoms in total. The standard InChI is InChI=1S/C20H20F3N3O2S/c21-20(22,23)12-29-17-7-2-1-6-16(17)24-11-18(27)25-15-5-3-4-13(10-15)19(28)26-14-8-9-14/h1-7,10,14,24H,8-9,11-12H2,(H,25,27)(H,26,28). The number of halogens is 3. The Morgan fingerprint density at radius 2 is 1.83 bits per heavy atom. The molecule has 1 fully saturated rings. The van der Waals surface area contributed by atoms with E-state index in [1.807, 2.05) is 0 Å². The number of anilines is 2. The third-order valence-corrected chi connectivity index (χ3v) is 5.18. The molecular weight excluding hydrogens is 403 g/mol. The first kappa shape index (κ1) is 21.0. The monoisotopic (exact) mass is 423 g/mol. The molecule has 2 amide bonds. The Hall–Kier alpha value is -2.68. The van der Waals surface area contributed by atoms with Crippen LogP contribution >= 0.6 is 11.8 Å². The van der Waals surface area contributed by atoms with Gasteiger partial charge in [-0.3, -0.25) is 9.59 Å². The Bertz CT molecular complexity index is 885. The lowest BCUT2D eigenvalue weighted by Gasteiger charge is -2.13. The fourth-order valence-electron chi connectivity index (χ4n) is 2.51. The molecule has 29 heavy (non-hydrogen) atoms. The number of hydrogen-bond acceptors (Lipinski definition) is 4. The maximum Gasteiger partial charge on any atom is 0.398 e. The average Bonchev–Trinajstić information content (AvgIpc) is 3.49. The normalized spacial score (nSPS) is 13.6. The van der Waals surface area contributed by atoms with E-state index in [0.717, 1.165) is 12.8 Å². The zero-order valence-electron chi connectivity index (χ0n) is 15.4. The maximum absolute atomic E-state index is 12.5. The largest absolute Gasteiger partial charge is 0.398 e. The van der Waals surface area contributed by atoms with E-state index in [2.05, 4.69) is 16.0 Å². The molecule has 0 spiro atoms. The van der Waals surface area contributed by atoms with Crippen LogP contribution in [0, 0.1) is 0 Å². The molecule has 0 bridgehead atoms. The molecule has 154 valence electrons. The van der Waals surface area contributed by atoms with Crippen LogP contribution in [-0.2, 0) is 4.79 Å². The van der Waals surface area contributed by atoms with Crippen LogP contribution in [-0.4, -0.2) is 36.3 Å². The summed E-state index contributed by atoms with van der Waals surface area (Å²) < 4.78 is 37.4. The van der Waals surface area contributed by atoms with Crippen LogP contribution in [0.5, 0.6) is 0 Å². The van der Waals surface area contributed by atoms with Crippen molar-refractivity contribution in [2.75, 3.05) is 22.9 Å². The molecule has 0 heterocycles. The van der Waals surface area contributed by atoms with Gasteiger partial charge in [0.25, 0.3) is 5.91 Å². The average molecular weight is 423 g/mol. The van der Waals surface area contributed by atoms with E-state index in [-0.39, 0.29) is 24.4 Å². The van der Waals surface area contributed by atoms with Crippen molar-refractivity contribution in [1.29, 1.82) is 0 Å². The SMILES string of the molecule is O=C(CNc1ccccc1SCC(F)(F)F)Nc1cccc(C(=O)NC2CC2)c1. The van der Waals surface area contributed by atoms with Gasteiger partial charge in [-0.2, -0.15) is 13.2 Å². The lowest BCUT2D eigenvalue weighted by atomic mass is 10.2. The number of rotatable bonds is 8. The van der Waals surface area contributed by atoms with Gasteiger partial charge in [-0.1, -0.05) is 18.2 Å². The van der Waals surface area contributed by atoms with Gasteiger partial charge in [0.15, 0.2) is 0 Å². The van der Waals surface area contributed by atoms with E-state index in [0.29, 0.717) is 33.6 Å². The number of amides is 2. The first-order chi connectivity index (χ1) is 13.8. The lowest BCUT2D eigenvalue weighted by Crippen LogP contribution is -2.26. The lowest BCUT2D eigenvalue weighted by molar-refractivity contribution is -0.114. The zero-order chi connectivity index (χ0) is 20.9. The highest BCUT2D eigenvalue weighted by Gasteiger charge is 2.27. The number of alkyl halides is 3. The van der Waals surface area contributed by atoms with Crippen LogP contribution in [0.15, 0.2) is 53.4 Å². The van der Waals surface area contributed by atoms with Gasteiger partial charge in [0.2, 0.25) is 5.91 Å². The summed E-state index contributed by atoms with van der Waals surface area (Å²) >= 11 is 0.661. The first-order valence-corrected chi connectivity index (χ1v) is 10.0. The van der Waals surface area contributed by atoms with Crippen molar-refractivity contribution in [1.82, 2.24) is 5.32 Å². The van der Waals surface area contributed by atoms with Gasteiger partial charge < -0.3 is 16.0 Å². The van der Waals surface area contributed by atoms with Gasteiger partial charge in [0.05, 0.1) is 12.3 Å². The Labute approximate surface area is 170 Å². The van der Waals surface area contributed by atoms with Gasteiger partial charge in [-0.25, -0.2) is 0 Å². The molecule has 1 aliphatic carbocycles. The molecule has 0 radical (unpaired) electrons. The molecule has 0 aromatic heterocycles. The first-order valence-electron chi connectivity index (χ1n) is 9.03. The number of carbonyl (C=O) groups excluding carboxylic acids is 2. The van der Waals surface area contributed by atoms with Gasteiger partial charge in [0.1, 0.15) is 0 Å². The Morgan fingerprint density at radius 3 is 2.55 bits per heavy atom. The summed E-state index contributed by atoms with van der Waals surface area (Å²) in [5, 5.41) is 8.43. The van der Waals surface area contributed by atoms with Crippen molar-refractivity contribution in [3.63, 3.8) is 0 Å². The topological polar surface area (TPSA) is 70.2 Å².